The molecule has 2 heteroatoms. The molecule has 0 aromatic heterocycles. The highest BCUT2D eigenvalue weighted by molar-refractivity contribution is 6.30. The van der Waals surface area contributed by atoms with E-state index in [1.807, 2.05) is 0 Å². The molecule has 2 saturated carbocycles. The Bertz CT molecular complexity index is 1980. The van der Waals surface area contributed by atoms with Crippen LogP contribution in [0.4, 0.5) is 0 Å². The average molecular weight is 752 g/mol. The van der Waals surface area contributed by atoms with Crippen LogP contribution in [0.1, 0.15) is 89.5 Å². The minimum absolute atomic E-state index is 0.0222. The highest BCUT2D eigenvalue weighted by atomic mass is 35.5. The number of fused-ring (bicyclic) bond motifs is 3. The third kappa shape index (κ3) is 6.81. The molecule has 0 N–H and O–H groups in total. The van der Waals surface area contributed by atoms with Gasteiger partial charge in [-0.2, -0.15) is 0 Å². The van der Waals surface area contributed by atoms with Gasteiger partial charge >= 0.3 is 0 Å². The van der Waals surface area contributed by atoms with Crippen LogP contribution in [0.25, 0.3) is 11.1 Å². The number of rotatable bonds is 7. The summed E-state index contributed by atoms with van der Waals surface area (Å²) in [5.74, 6) is 2.42. The third-order valence-corrected chi connectivity index (χ3v) is 13.9. The maximum Gasteiger partial charge on any atom is 0.0406 e. The van der Waals surface area contributed by atoms with Gasteiger partial charge in [-0.1, -0.05) is 187 Å². The first kappa shape index (κ1) is 37.3. The number of allylic oxidation sites excluding steroid dienone is 8. The van der Waals surface area contributed by atoms with Crippen LogP contribution >= 0.6 is 23.2 Å². The highest BCUT2D eigenvalue weighted by Crippen LogP contribution is 2.66. The van der Waals surface area contributed by atoms with Crippen molar-refractivity contribution < 1.29 is 0 Å². The molecule has 8 rings (SSSR count). The van der Waals surface area contributed by atoms with Gasteiger partial charge in [0.05, 0.1) is 0 Å². The summed E-state index contributed by atoms with van der Waals surface area (Å²) in [4.78, 5) is 0. The summed E-state index contributed by atoms with van der Waals surface area (Å²) in [5.41, 5.74) is 11.1. The topological polar surface area (TPSA) is 0 Å². The molecule has 5 atom stereocenters. The molecule has 4 aliphatic carbocycles. The molecule has 4 aromatic carbocycles. The minimum Gasteiger partial charge on any atom is -0.0843 e. The molecule has 0 radical (unpaired) electrons. The van der Waals surface area contributed by atoms with Crippen molar-refractivity contribution in [3.05, 3.63) is 177 Å². The second-order valence-electron chi connectivity index (χ2n) is 18.7. The van der Waals surface area contributed by atoms with E-state index < -0.39 is 0 Å². The van der Waals surface area contributed by atoms with Gasteiger partial charge in [0.15, 0.2) is 0 Å². The van der Waals surface area contributed by atoms with E-state index in [1.54, 1.807) is 0 Å². The molecule has 54 heavy (non-hydrogen) atoms. The van der Waals surface area contributed by atoms with Gasteiger partial charge in [0, 0.05) is 15.5 Å². The second-order valence-corrected chi connectivity index (χ2v) is 19.6. The molecule has 0 amide bonds. The molecule has 2 fully saturated rings. The lowest BCUT2D eigenvalue weighted by Gasteiger charge is -2.50. The zero-order valence-electron chi connectivity index (χ0n) is 33.0. The van der Waals surface area contributed by atoms with E-state index in [1.165, 1.54) is 70.2 Å². The van der Waals surface area contributed by atoms with E-state index in [2.05, 4.69) is 175 Å². The molecule has 0 heterocycles. The number of hydrogen-bond donors (Lipinski definition) is 0. The fourth-order valence-electron chi connectivity index (χ4n) is 11.2. The molecule has 0 nitrogen and oxygen atoms in total. The lowest BCUT2D eigenvalue weighted by molar-refractivity contribution is 0.118. The van der Waals surface area contributed by atoms with Crippen molar-refractivity contribution in [2.75, 3.05) is 0 Å². The van der Waals surface area contributed by atoms with Crippen LogP contribution < -0.4 is 0 Å². The molecular formula is C52H56Cl2. The van der Waals surface area contributed by atoms with Gasteiger partial charge in [-0.15, -0.1) is 0 Å². The van der Waals surface area contributed by atoms with E-state index in [0.29, 0.717) is 35.5 Å². The molecule has 0 spiro atoms. The Labute approximate surface area is 335 Å². The van der Waals surface area contributed by atoms with E-state index in [9.17, 15) is 0 Å². The van der Waals surface area contributed by atoms with Crippen molar-refractivity contribution >= 4 is 34.3 Å². The summed E-state index contributed by atoms with van der Waals surface area (Å²) in [5, 5.41) is 1.57. The van der Waals surface area contributed by atoms with E-state index in [0.717, 1.165) is 16.5 Å². The normalized spacial score (nSPS) is 25.5. The van der Waals surface area contributed by atoms with Crippen LogP contribution in [0.2, 0.25) is 10.0 Å². The molecule has 278 valence electrons. The van der Waals surface area contributed by atoms with Gasteiger partial charge in [0.2, 0.25) is 0 Å². The average Bonchev–Trinajstić information content (AvgIpc) is 3.81. The van der Waals surface area contributed by atoms with Gasteiger partial charge in [0.25, 0.3) is 0 Å². The summed E-state index contributed by atoms with van der Waals surface area (Å²) >= 11 is 13.0. The predicted octanol–water partition coefficient (Wildman–Crippen LogP) is 14.9. The standard InChI is InChI=1S/C52H56Cl2/c1-50(2,3)47-31-43-44-32-48(51(4,5)6)42(36-23-27-40(54)28-24-36)30-46(44)49(45(43)29-41(47)35-21-25-39(53)26-22-35)52(38-19-13-14-20-38,37-17-11-8-12-18-37)33-34-15-9-7-10-16-34/h7-12,15-18,21-32,38,43-46,49H,13-14,19-20,33H2,1-6H3. The third-order valence-electron chi connectivity index (χ3n) is 13.4. The zero-order valence-corrected chi connectivity index (χ0v) is 34.5. The Morgan fingerprint density at radius 2 is 0.926 bits per heavy atom. The van der Waals surface area contributed by atoms with Gasteiger partial charge < -0.3 is 0 Å². The summed E-state index contributed by atoms with van der Waals surface area (Å²) in [6.07, 6.45) is 17.2. The van der Waals surface area contributed by atoms with Crippen LogP contribution in [0.3, 0.4) is 0 Å². The largest absolute Gasteiger partial charge is 0.0843 e. The van der Waals surface area contributed by atoms with Crippen LogP contribution in [0, 0.1) is 46.3 Å². The van der Waals surface area contributed by atoms with Gasteiger partial charge in [-0.05, 0) is 134 Å². The Balaban J connectivity index is 1.44. The summed E-state index contributed by atoms with van der Waals surface area (Å²) in [6, 6.07) is 40.4. The monoisotopic (exact) mass is 750 g/mol. The van der Waals surface area contributed by atoms with Crippen LogP contribution in [-0.2, 0) is 11.8 Å². The summed E-state index contributed by atoms with van der Waals surface area (Å²) < 4.78 is 0. The Morgan fingerprint density at radius 3 is 1.35 bits per heavy atom. The number of benzene rings is 4. The van der Waals surface area contributed by atoms with Crippen molar-refractivity contribution in [1.82, 2.24) is 0 Å². The van der Waals surface area contributed by atoms with Crippen LogP contribution in [0.5, 0.6) is 0 Å². The van der Waals surface area contributed by atoms with Gasteiger partial charge in [-0.25, -0.2) is 0 Å². The maximum absolute atomic E-state index is 6.52. The molecule has 0 bridgehead atoms. The lowest BCUT2D eigenvalue weighted by atomic mass is 9.53. The van der Waals surface area contributed by atoms with Crippen LogP contribution in [-0.4, -0.2) is 0 Å². The van der Waals surface area contributed by atoms with Crippen LogP contribution in [0.15, 0.2) is 145 Å². The summed E-state index contributed by atoms with van der Waals surface area (Å²) in [7, 11) is 0. The van der Waals surface area contributed by atoms with Crippen molar-refractivity contribution in [1.29, 1.82) is 0 Å². The van der Waals surface area contributed by atoms with Gasteiger partial charge in [0.1, 0.15) is 0 Å². The smallest absolute Gasteiger partial charge is 0.0406 e. The molecule has 0 saturated heterocycles. The Morgan fingerprint density at radius 1 is 0.500 bits per heavy atom. The fourth-order valence-corrected chi connectivity index (χ4v) is 11.4. The lowest BCUT2D eigenvalue weighted by Crippen LogP contribution is -2.48. The minimum atomic E-state index is -0.0647. The van der Waals surface area contributed by atoms with Crippen molar-refractivity contribution in [3.8, 4) is 0 Å². The number of halogens is 2. The first-order valence-electron chi connectivity index (χ1n) is 20.3. The van der Waals surface area contributed by atoms with Crippen molar-refractivity contribution in [2.45, 2.75) is 79.1 Å². The Kier molecular flexibility index (Phi) is 10.0. The molecule has 5 unspecified atom stereocenters. The first-order valence-corrected chi connectivity index (χ1v) is 21.1. The molecule has 4 aliphatic rings. The molecular weight excluding hydrogens is 695 g/mol. The SMILES string of the molecule is CC(C)(C)C1=CC2C3C=C(C(C)(C)C)C(c4ccc(Cl)cc4)=CC3C(C(Cc3ccccc3)(c3ccccc3)C3CCCC3)C2C=C1c1ccc(Cl)cc1. The molecule has 0 aliphatic heterocycles. The van der Waals surface area contributed by atoms with Crippen molar-refractivity contribution in [3.63, 3.8) is 0 Å². The Hall–Kier alpha value is -3.58. The summed E-state index contributed by atoms with van der Waals surface area (Å²) in [6.45, 7) is 14.4. The van der Waals surface area contributed by atoms with Gasteiger partial charge in [-0.3, -0.25) is 0 Å². The first-order chi connectivity index (χ1) is 25.8. The van der Waals surface area contributed by atoms with E-state index in [4.69, 9.17) is 23.2 Å². The predicted molar refractivity (Wildman–Crippen MR) is 232 cm³/mol. The fraction of sp³-hybridized carbons (Fsp3) is 0.385. The highest BCUT2D eigenvalue weighted by Gasteiger charge is 2.60. The second kappa shape index (κ2) is 14.5. The quantitative estimate of drug-likeness (QED) is 0.176. The zero-order chi connectivity index (χ0) is 37.8. The molecule has 4 aromatic rings. The van der Waals surface area contributed by atoms with Crippen molar-refractivity contribution in [2.24, 2.45) is 46.3 Å². The maximum atomic E-state index is 6.52. The number of hydrogen-bond acceptors (Lipinski definition) is 0. The van der Waals surface area contributed by atoms with E-state index in [-0.39, 0.29) is 16.2 Å². The van der Waals surface area contributed by atoms with E-state index >= 15 is 0 Å².